The standard InChI is InChI=1S/C33H42N4O7S2/c1-19(2)15-37(46(40,41)23-10-11-26-29(14-23)45-32(35-26)34-22-8-9-22)16-28(38)27(12-20-6-4-3-5-7-20)36-33(39)44-30-21-13-24-25(30)18-43-31(24)42-17-21/h3-7,10-11,14,19,21-22,24-25,27-28,30-31,38H,8-9,12-13,15-18H2,1-2H3,(H,34,35)(H,36,39)/t21-,24-,25-,27+,28-,30+,31+/m1/s1. The number of thiazole rings is 1. The van der Waals surface area contributed by atoms with Crippen LogP contribution in [-0.2, 0) is 30.7 Å². The molecular weight excluding hydrogens is 629 g/mol. The maximum absolute atomic E-state index is 14.1. The van der Waals surface area contributed by atoms with Gasteiger partial charge in [-0.05, 0) is 55.4 Å². The SMILES string of the molecule is CC(C)CN(C[C@@H](O)[C@H](Cc1ccccc1)NC(=O)O[C@H]1[C@H]2CO[C@H]3OC[C@@H]1[C@H]3C2)S(=O)(=O)c1ccc2nc(NC3CC3)sc2c1. The topological polar surface area (TPSA) is 139 Å². The monoisotopic (exact) mass is 670 g/mol. The Morgan fingerprint density at radius 1 is 1.11 bits per heavy atom. The van der Waals surface area contributed by atoms with Gasteiger partial charge in [-0.2, -0.15) is 4.31 Å². The molecule has 2 bridgehead atoms. The average Bonchev–Trinajstić information content (AvgIpc) is 3.48. The Hall–Kier alpha value is -2.81. The zero-order chi connectivity index (χ0) is 32.0. The molecule has 3 aromatic rings. The lowest BCUT2D eigenvalue weighted by Gasteiger charge is -2.31. The highest BCUT2D eigenvalue weighted by molar-refractivity contribution is 7.89. The van der Waals surface area contributed by atoms with Crippen molar-refractivity contribution in [1.82, 2.24) is 14.6 Å². The number of aliphatic hydroxyl groups is 1. The summed E-state index contributed by atoms with van der Waals surface area (Å²) in [6.45, 7) is 4.85. The second kappa shape index (κ2) is 13.0. The van der Waals surface area contributed by atoms with Crippen LogP contribution >= 0.6 is 11.3 Å². The van der Waals surface area contributed by atoms with Crippen molar-refractivity contribution in [3.05, 3.63) is 54.1 Å². The number of nitrogens with zero attached hydrogens (tertiary/aromatic N) is 2. The van der Waals surface area contributed by atoms with Crippen LogP contribution < -0.4 is 10.6 Å². The second-order valence-corrected chi connectivity index (χ2v) is 16.5. The Kier molecular flexibility index (Phi) is 8.98. The van der Waals surface area contributed by atoms with Gasteiger partial charge in [0.25, 0.3) is 0 Å². The molecule has 46 heavy (non-hydrogen) atoms. The molecule has 2 aliphatic heterocycles. The van der Waals surface area contributed by atoms with Crippen molar-refractivity contribution >= 4 is 42.8 Å². The molecule has 2 aliphatic carbocycles. The molecule has 2 saturated carbocycles. The van der Waals surface area contributed by atoms with Crippen molar-refractivity contribution < 1.29 is 32.5 Å². The number of amides is 1. The summed E-state index contributed by atoms with van der Waals surface area (Å²) in [6, 6.07) is 14.1. The normalized spacial score (nSPS) is 26.8. The Bertz CT molecular complexity index is 1650. The summed E-state index contributed by atoms with van der Waals surface area (Å²) in [6.07, 6.45) is 1.03. The number of ether oxygens (including phenoxy) is 3. The van der Waals surface area contributed by atoms with Crippen LogP contribution in [0, 0.1) is 23.7 Å². The second-order valence-electron chi connectivity index (χ2n) is 13.5. The van der Waals surface area contributed by atoms with E-state index in [1.165, 1.54) is 15.6 Å². The molecule has 1 amide bonds. The van der Waals surface area contributed by atoms with Crippen LogP contribution in [0.15, 0.2) is 53.4 Å². The van der Waals surface area contributed by atoms with E-state index >= 15 is 0 Å². The summed E-state index contributed by atoms with van der Waals surface area (Å²) in [5, 5.41) is 18.7. The van der Waals surface area contributed by atoms with Gasteiger partial charge in [0.1, 0.15) is 6.10 Å². The third-order valence-electron chi connectivity index (χ3n) is 9.46. The van der Waals surface area contributed by atoms with Crippen LogP contribution in [0.5, 0.6) is 0 Å². The van der Waals surface area contributed by atoms with Gasteiger partial charge in [0.05, 0.1) is 40.5 Å². The van der Waals surface area contributed by atoms with Gasteiger partial charge in [-0.15, -0.1) is 0 Å². The molecule has 3 heterocycles. The predicted octanol–water partition coefficient (Wildman–Crippen LogP) is 4.22. The van der Waals surface area contributed by atoms with Crippen LogP contribution in [0.1, 0.15) is 38.7 Å². The molecule has 13 heteroatoms. The summed E-state index contributed by atoms with van der Waals surface area (Å²) in [7, 11) is -3.99. The molecule has 4 fully saturated rings. The molecule has 3 N–H and O–H groups in total. The summed E-state index contributed by atoms with van der Waals surface area (Å²) in [5.74, 6) is 0.419. The minimum absolute atomic E-state index is 0.00430. The van der Waals surface area contributed by atoms with Gasteiger partial charge in [-0.3, -0.25) is 0 Å². The molecule has 0 spiro atoms. The third-order valence-corrected chi connectivity index (χ3v) is 12.2. The highest BCUT2D eigenvalue weighted by Crippen LogP contribution is 2.49. The van der Waals surface area contributed by atoms with E-state index in [9.17, 15) is 18.3 Å². The lowest BCUT2D eigenvalue weighted by atomic mass is 9.98. The summed E-state index contributed by atoms with van der Waals surface area (Å²) >= 11 is 1.44. The Morgan fingerprint density at radius 3 is 2.65 bits per heavy atom. The number of aromatic nitrogens is 1. The molecule has 248 valence electrons. The Balaban J connectivity index is 1.09. The van der Waals surface area contributed by atoms with Crippen molar-refractivity contribution in [2.24, 2.45) is 23.7 Å². The molecular formula is C33H42N4O7S2. The number of alkyl carbamates (subject to hydrolysis) is 1. The lowest BCUT2D eigenvalue weighted by Crippen LogP contribution is -2.52. The van der Waals surface area contributed by atoms with Gasteiger partial charge in [-0.1, -0.05) is 55.5 Å². The molecule has 1 aromatic heterocycles. The van der Waals surface area contributed by atoms with E-state index in [1.54, 1.807) is 18.2 Å². The number of fused-ring (bicyclic) bond motifs is 2. The van der Waals surface area contributed by atoms with Crippen LogP contribution in [-0.4, -0.2) is 85.8 Å². The van der Waals surface area contributed by atoms with E-state index in [0.29, 0.717) is 25.7 Å². The Morgan fingerprint density at radius 2 is 1.89 bits per heavy atom. The highest BCUT2D eigenvalue weighted by Gasteiger charge is 2.56. The molecule has 11 nitrogen and oxygen atoms in total. The first-order valence-corrected chi connectivity index (χ1v) is 18.5. The van der Waals surface area contributed by atoms with Crippen molar-refractivity contribution in [3.8, 4) is 0 Å². The number of sulfonamides is 1. The minimum Gasteiger partial charge on any atom is -0.445 e. The van der Waals surface area contributed by atoms with E-state index in [2.05, 4.69) is 15.6 Å². The number of anilines is 1. The highest BCUT2D eigenvalue weighted by atomic mass is 32.2. The molecule has 2 aromatic carbocycles. The largest absolute Gasteiger partial charge is 0.445 e. The molecule has 7 atom stereocenters. The first-order chi connectivity index (χ1) is 22.1. The van der Waals surface area contributed by atoms with Gasteiger partial charge < -0.3 is 30.0 Å². The van der Waals surface area contributed by atoms with Gasteiger partial charge in [0.15, 0.2) is 11.4 Å². The number of rotatable bonds is 13. The number of benzene rings is 2. The molecule has 0 radical (unpaired) electrons. The van der Waals surface area contributed by atoms with Gasteiger partial charge in [0, 0.05) is 36.9 Å². The van der Waals surface area contributed by atoms with E-state index in [1.807, 2.05) is 44.2 Å². The number of aliphatic hydroxyl groups excluding tert-OH is 1. The van der Waals surface area contributed by atoms with Crippen molar-refractivity contribution in [2.45, 2.75) is 75.0 Å². The van der Waals surface area contributed by atoms with E-state index in [-0.39, 0.29) is 54.1 Å². The summed E-state index contributed by atoms with van der Waals surface area (Å²) < 4.78 is 47.9. The van der Waals surface area contributed by atoms with Gasteiger partial charge >= 0.3 is 6.09 Å². The predicted molar refractivity (Wildman–Crippen MR) is 174 cm³/mol. The fourth-order valence-corrected chi connectivity index (χ4v) is 9.71. The van der Waals surface area contributed by atoms with Crippen LogP contribution in [0.4, 0.5) is 9.93 Å². The fourth-order valence-electron chi connectivity index (χ4n) is 7.00. The summed E-state index contributed by atoms with van der Waals surface area (Å²) in [4.78, 5) is 18.1. The fraction of sp³-hybridized carbons (Fsp3) is 0.576. The van der Waals surface area contributed by atoms with Gasteiger partial charge in [-0.25, -0.2) is 18.2 Å². The number of hydrogen-bond donors (Lipinski definition) is 3. The number of nitrogens with one attached hydrogen (secondary N) is 2. The van der Waals surface area contributed by atoms with Crippen LogP contribution in [0.3, 0.4) is 0 Å². The van der Waals surface area contributed by atoms with Crippen molar-refractivity contribution in [3.63, 3.8) is 0 Å². The smallest absolute Gasteiger partial charge is 0.407 e. The third kappa shape index (κ3) is 6.76. The zero-order valence-electron chi connectivity index (χ0n) is 26.1. The first-order valence-electron chi connectivity index (χ1n) is 16.2. The molecule has 4 aliphatic rings. The van der Waals surface area contributed by atoms with Crippen LogP contribution in [0.2, 0.25) is 0 Å². The first kappa shape index (κ1) is 31.8. The Labute approximate surface area is 273 Å². The maximum atomic E-state index is 14.1. The number of carbonyl (C=O) groups is 1. The van der Waals surface area contributed by atoms with Crippen molar-refractivity contribution in [1.29, 1.82) is 0 Å². The van der Waals surface area contributed by atoms with Crippen LogP contribution in [0.25, 0.3) is 10.2 Å². The van der Waals surface area contributed by atoms with Gasteiger partial charge in [0.2, 0.25) is 10.0 Å². The number of carbonyl (C=O) groups excluding carboxylic acids is 1. The molecule has 7 rings (SSSR count). The minimum atomic E-state index is -3.99. The summed E-state index contributed by atoms with van der Waals surface area (Å²) in [5.41, 5.74) is 1.64. The zero-order valence-corrected chi connectivity index (χ0v) is 27.7. The maximum Gasteiger partial charge on any atom is 0.407 e. The van der Waals surface area contributed by atoms with E-state index < -0.39 is 28.3 Å². The quantitative estimate of drug-likeness (QED) is 0.244. The van der Waals surface area contributed by atoms with E-state index in [4.69, 9.17) is 14.2 Å². The molecule has 2 saturated heterocycles. The van der Waals surface area contributed by atoms with Crippen molar-refractivity contribution in [2.75, 3.05) is 31.6 Å². The van der Waals surface area contributed by atoms with E-state index in [0.717, 1.165) is 40.2 Å². The number of hydrogen-bond acceptors (Lipinski definition) is 10. The lowest BCUT2D eigenvalue weighted by molar-refractivity contribution is -0.169. The average molecular weight is 671 g/mol. The molecule has 0 unspecified atom stereocenters.